The Morgan fingerprint density at radius 1 is 1.45 bits per heavy atom. The first kappa shape index (κ1) is 10.9. The number of rotatable bonds is 4. The molecule has 0 saturated carbocycles. The summed E-state index contributed by atoms with van der Waals surface area (Å²) in [5.74, 6) is 0. The molecule has 0 radical (unpaired) electrons. The first-order valence-electron chi connectivity index (χ1n) is 4.10. The first-order valence-corrected chi connectivity index (χ1v) is 7.67. The minimum atomic E-state index is -1.09. The molecular formula is C9H20OSi. The topological polar surface area (TPSA) is 9.23 Å². The molecular weight excluding hydrogens is 152 g/mol. The Hall–Kier alpha value is -0.0831. The third-order valence-corrected chi connectivity index (χ3v) is 4.41. The maximum absolute atomic E-state index is 5.63. The minimum absolute atomic E-state index is 0.430. The van der Waals surface area contributed by atoms with Gasteiger partial charge in [0.2, 0.25) is 0 Å². The van der Waals surface area contributed by atoms with Crippen molar-refractivity contribution >= 4 is 8.07 Å². The standard InChI is InChI=1S/C9H20OSi/c1-8(2)7-10-9(3)11(4,5)6/h9H,1,7H2,2-6H3. The molecule has 0 rings (SSSR count). The van der Waals surface area contributed by atoms with Crippen LogP contribution in [-0.2, 0) is 4.74 Å². The van der Waals surface area contributed by atoms with Crippen molar-refractivity contribution in [3.8, 4) is 0 Å². The second-order valence-corrected chi connectivity index (χ2v) is 9.82. The fraction of sp³-hybridized carbons (Fsp3) is 0.778. The lowest BCUT2D eigenvalue weighted by Crippen LogP contribution is -2.38. The average molecular weight is 172 g/mol. The average Bonchev–Trinajstić information content (AvgIpc) is 1.80. The van der Waals surface area contributed by atoms with Crippen LogP contribution in [0.5, 0.6) is 0 Å². The summed E-state index contributed by atoms with van der Waals surface area (Å²) in [6.07, 6.45) is 0. The molecule has 0 aromatic carbocycles. The van der Waals surface area contributed by atoms with Gasteiger partial charge in [-0.15, -0.1) is 0 Å². The van der Waals surface area contributed by atoms with Gasteiger partial charge in [0.05, 0.1) is 14.7 Å². The molecule has 0 aliphatic heterocycles. The summed E-state index contributed by atoms with van der Waals surface area (Å²) in [6, 6.07) is 0. The fourth-order valence-electron chi connectivity index (χ4n) is 0.517. The molecule has 66 valence electrons. The van der Waals surface area contributed by atoms with Gasteiger partial charge in [0.15, 0.2) is 0 Å². The van der Waals surface area contributed by atoms with E-state index in [4.69, 9.17) is 4.74 Å². The molecule has 0 aromatic rings. The van der Waals surface area contributed by atoms with E-state index in [2.05, 4.69) is 33.1 Å². The van der Waals surface area contributed by atoms with Gasteiger partial charge in [-0.3, -0.25) is 0 Å². The molecule has 0 heterocycles. The predicted octanol–water partition coefficient (Wildman–Crippen LogP) is 2.85. The van der Waals surface area contributed by atoms with Crippen molar-refractivity contribution < 1.29 is 4.74 Å². The van der Waals surface area contributed by atoms with Crippen LogP contribution in [0.2, 0.25) is 19.6 Å². The summed E-state index contributed by atoms with van der Waals surface area (Å²) in [5.41, 5.74) is 1.54. The highest BCUT2D eigenvalue weighted by atomic mass is 28.3. The van der Waals surface area contributed by atoms with E-state index >= 15 is 0 Å². The SMILES string of the molecule is C=C(C)COC(C)[Si](C)(C)C. The van der Waals surface area contributed by atoms with Crippen LogP contribution >= 0.6 is 0 Å². The number of ether oxygens (including phenoxy) is 1. The van der Waals surface area contributed by atoms with Crippen molar-refractivity contribution in [3.05, 3.63) is 12.2 Å². The molecule has 0 bridgehead atoms. The Labute approximate surface area is 71.5 Å². The molecule has 0 spiro atoms. The predicted molar refractivity (Wildman–Crippen MR) is 53.6 cm³/mol. The molecule has 0 aliphatic rings. The smallest absolute Gasteiger partial charge is 0.0781 e. The van der Waals surface area contributed by atoms with Crippen molar-refractivity contribution in [2.45, 2.75) is 39.2 Å². The summed E-state index contributed by atoms with van der Waals surface area (Å²) in [6.45, 7) is 15.6. The lowest BCUT2D eigenvalue weighted by atomic mass is 10.4. The van der Waals surface area contributed by atoms with Gasteiger partial charge in [-0.05, 0) is 13.8 Å². The van der Waals surface area contributed by atoms with Crippen LogP contribution in [0.3, 0.4) is 0 Å². The lowest BCUT2D eigenvalue weighted by Gasteiger charge is -2.25. The van der Waals surface area contributed by atoms with E-state index in [9.17, 15) is 0 Å². The monoisotopic (exact) mass is 172 g/mol. The third kappa shape index (κ3) is 5.22. The van der Waals surface area contributed by atoms with Crippen LogP contribution in [0.25, 0.3) is 0 Å². The Kier molecular flexibility index (Phi) is 4.04. The Bertz CT molecular complexity index is 135. The molecule has 0 amide bonds. The highest BCUT2D eigenvalue weighted by molar-refractivity contribution is 6.77. The second kappa shape index (κ2) is 4.07. The van der Waals surface area contributed by atoms with Crippen LogP contribution in [0.15, 0.2) is 12.2 Å². The van der Waals surface area contributed by atoms with Crippen LogP contribution in [0, 0.1) is 0 Å². The van der Waals surface area contributed by atoms with Crippen LogP contribution in [0.1, 0.15) is 13.8 Å². The van der Waals surface area contributed by atoms with Crippen LogP contribution < -0.4 is 0 Å². The third-order valence-electron chi connectivity index (χ3n) is 1.80. The van der Waals surface area contributed by atoms with Crippen molar-refractivity contribution in [1.29, 1.82) is 0 Å². The molecule has 11 heavy (non-hydrogen) atoms. The van der Waals surface area contributed by atoms with Gasteiger partial charge < -0.3 is 4.74 Å². The molecule has 0 aromatic heterocycles. The number of hydrogen-bond acceptors (Lipinski definition) is 1. The van der Waals surface area contributed by atoms with Gasteiger partial charge in [-0.25, -0.2) is 0 Å². The van der Waals surface area contributed by atoms with Gasteiger partial charge in [0.1, 0.15) is 0 Å². The van der Waals surface area contributed by atoms with Crippen LogP contribution in [0.4, 0.5) is 0 Å². The Morgan fingerprint density at radius 2 is 1.91 bits per heavy atom. The van der Waals surface area contributed by atoms with Gasteiger partial charge in [0.25, 0.3) is 0 Å². The summed E-state index contributed by atoms with van der Waals surface area (Å²) in [5, 5.41) is 0. The lowest BCUT2D eigenvalue weighted by molar-refractivity contribution is 0.132. The van der Waals surface area contributed by atoms with E-state index in [-0.39, 0.29) is 0 Å². The van der Waals surface area contributed by atoms with E-state index in [1.54, 1.807) is 0 Å². The van der Waals surface area contributed by atoms with Crippen LogP contribution in [-0.4, -0.2) is 20.4 Å². The van der Waals surface area contributed by atoms with E-state index in [0.29, 0.717) is 12.3 Å². The van der Waals surface area contributed by atoms with E-state index in [1.165, 1.54) is 0 Å². The maximum atomic E-state index is 5.63. The molecule has 0 fully saturated rings. The highest BCUT2D eigenvalue weighted by Gasteiger charge is 2.22. The summed E-state index contributed by atoms with van der Waals surface area (Å²) in [4.78, 5) is 0. The zero-order valence-electron chi connectivity index (χ0n) is 8.40. The minimum Gasteiger partial charge on any atom is -0.378 e. The zero-order chi connectivity index (χ0) is 9.07. The quantitative estimate of drug-likeness (QED) is 0.468. The highest BCUT2D eigenvalue weighted by Crippen LogP contribution is 2.11. The zero-order valence-corrected chi connectivity index (χ0v) is 9.40. The normalized spacial score (nSPS) is 14.6. The molecule has 1 nitrogen and oxygen atoms in total. The largest absolute Gasteiger partial charge is 0.378 e. The molecule has 2 heteroatoms. The van der Waals surface area contributed by atoms with Crippen molar-refractivity contribution in [1.82, 2.24) is 0 Å². The number of hydrogen-bond donors (Lipinski definition) is 0. The molecule has 1 atom stereocenters. The maximum Gasteiger partial charge on any atom is 0.0781 e. The van der Waals surface area contributed by atoms with E-state index in [0.717, 1.165) is 5.57 Å². The summed E-state index contributed by atoms with van der Waals surface area (Å²) < 4.78 is 5.63. The summed E-state index contributed by atoms with van der Waals surface area (Å²) >= 11 is 0. The fourth-order valence-corrected chi connectivity index (χ4v) is 1.10. The van der Waals surface area contributed by atoms with Crippen molar-refractivity contribution in [3.63, 3.8) is 0 Å². The Morgan fingerprint density at radius 3 is 2.18 bits per heavy atom. The van der Waals surface area contributed by atoms with Gasteiger partial charge in [0, 0.05) is 5.73 Å². The Balaban J connectivity index is 3.70. The van der Waals surface area contributed by atoms with Crippen molar-refractivity contribution in [2.24, 2.45) is 0 Å². The van der Waals surface area contributed by atoms with Gasteiger partial charge in [-0.2, -0.15) is 0 Å². The molecule has 0 N–H and O–H groups in total. The van der Waals surface area contributed by atoms with E-state index < -0.39 is 8.07 Å². The summed E-state index contributed by atoms with van der Waals surface area (Å²) in [7, 11) is -1.09. The van der Waals surface area contributed by atoms with E-state index in [1.807, 2.05) is 6.92 Å². The van der Waals surface area contributed by atoms with Gasteiger partial charge >= 0.3 is 0 Å². The second-order valence-electron chi connectivity index (χ2n) is 4.28. The molecule has 1 unspecified atom stereocenters. The van der Waals surface area contributed by atoms with Gasteiger partial charge in [-0.1, -0.05) is 31.8 Å². The molecule has 0 saturated heterocycles. The van der Waals surface area contributed by atoms with Crippen molar-refractivity contribution in [2.75, 3.05) is 6.61 Å². The first-order chi connectivity index (χ1) is 4.84. The molecule has 0 aliphatic carbocycles.